The Balaban J connectivity index is 3.15. The van der Waals surface area contributed by atoms with Crippen molar-refractivity contribution in [2.45, 2.75) is 12.5 Å². The molecule has 0 atom stereocenters. The number of carboxylic acids is 1. The maximum Gasteiger partial charge on any atom is 0.339 e. The lowest BCUT2D eigenvalue weighted by atomic mass is 10.0. The minimum Gasteiger partial charge on any atom is -0.478 e. The molecule has 0 aliphatic rings. The molecule has 0 saturated carbocycles. The highest BCUT2D eigenvalue weighted by atomic mass is 35.5. The zero-order valence-electron chi connectivity index (χ0n) is 9.27. The van der Waals surface area contributed by atoms with Crippen molar-refractivity contribution >= 4 is 23.3 Å². The van der Waals surface area contributed by atoms with Gasteiger partial charge in [0, 0.05) is 0 Å². The lowest BCUT2D eigenvalue weighted by Crippen LogP contribution is -2.42. The van der Waals surface area contributed by atoms with Crippen LogP contribution in [0.2, 0.25) is 5.02 Å². The summed E-state index contributed by atoms with van der Waals surface area (Å²) in [6.07, 6.45) is 0. The number of hydrogen-bond acceptors (Lipinski definition) is 4. The van der Waals surface area contributed by atoms with E-state index in [4.69, 9.17) is 26.9 Å². The monoisotopic (exact) mass is 259 g/mol. The molecule has 6 heteroatoms. The van der Waals surface area contributed by atoms with Gasteiger partial charge in [0.2, 0.25) is 0 Å². The van der Waals surface area contributed by atoms with Crippen LogP contribution in [-0.4, -0.2) is 40.0 Å². The quantitative estimate of drug-likeness (QED) is 0.638. The van der Waals surface area contributed by atoms with Crippen LogP contribution >= 0.6 is 11.6 Å². The Kier molecular flexibility index (Phi) is 4.34. The molecular formula is C11H14ClNO4. The summed E-state index contributed by atoms with van der Waals surface area (Å²) in [5.41, 5.74) is -0.826. The molecule has 1 aromatic carbocycles. The predicted octanol–water partition coefficient (Wildman–Crippen LogP) is 1.19. The highest BCUT2D eigenvalue weighted by molar-refractivity contribution is 6.34. The lowest BCUT2D eigenvalue weighted by molar-refractivity contribution is 0.0697. The van der Waals surface area contributed by atoms with Crippen LogP contribution in [0.15, 0.2) is 18.2 Å². The minimum atomic E-state index is -1.17. The molecule has 17 heavy (non-hydrogen) atoms. The maximum absolute atomic E-state index is 11.1. The highest BCUT2D eigenvalue weighted by Gasteiger charge is 2.25. The fourth-order valence-corrected chi connectivity index (χ4v) is 1.56. The van der Waals surface area contributed by atoms with Gasteiger partial charge in [-0.3, -0.25) is 0 Å². The second-order valence-corrected chi connectivity index (χ2v) is 4.38. The molecular weight excluding hydrogens is 246 g/mol. The Hall–Kier alpha value is -1.30. The third-order valence-corrected chi connectivity index (χ3v) is 2.68. The SMILES string of the molecule is CC(CO)(CO)Nc1cccc(Cl)c1C(=O)O. The first-order chi connectivity index (χ1) is 7.93. The number of halogens is 1. The van der Waals surface area contributed by atoms with Crippen molar-refractivity contribution in [3.8, 4) is 0 Å². The number of anilines is 1. The van der Waals surface area contributed by atoms with Gasteiger partial charge in [-0.1, -0.05) is 17.7 Å². The summed E-state index contributed by atoms with van der Waals surface area (Å²) < 4.78 is 0. The van der Waals surface area contributed by atoms with E-state index in [1.54, 1.807) is 13.0 Å². The van der Waals surface area contributed by atoms with Crippen LogP contribution in [0.1, 0.15) is 17.3 Å². The average molecular weight is 260 g/mol. The van der Waals surface area contributed by atoms with Crippen molar-refractivity contribution in [3.63, 3.8) is 0 Å². The van der Waals surface area contributed by atoms with Gasteiger partial charge >= 0.3 is 5.97 Å². The van der Waals surface area contributed by atoms with Gasteiger partial charge < -0.3 is 20.6 Å². The van der Waals surface area contributed by atoms with Crippen LogP contribution in [-0.2, 0) is 0 Å². The van der Waals surface area contributed by atoms with Gasteiger partial charge in [-0.15, -0.1) is 0 Å². The molecule has 0 aromatic heterocycles. The average Bonchev–Trinajstić information content (AvgIpc) is 2.28. The lowest BCUT2D eigenvalue weighted by Gasteiger charge is -2.28. The van der Waals surface area contributed by atoms with Crippen molar-refractivity contribution in [1.29, 1.82) is 0 Å². The van der Waals surface area contributed by atoms with Gasteiger partial charge in [-0.25, -0.2) is 4.79 Å². The molecule has 4 N–H and O–H groups in total. The largest absolute Gasteiger partial charge is 0.478 e. The topological polar surface area (TPSA) is 89.8 Å². The van der Waals surface area contributed by atoms with E-state index in [1.807, 2.05) is 0 Å². The fourth-order valence-electron chi connectivity index (χ4n) is 1.30. The second kappa shape index (κ2) is 5.35. The molecule has 0 radical (unpaired) electrons. The summed E-state index contributed by atoms with van der Waals surface area (Å²) in [6, 6.07) is 4.58. The van der Waals surface area contributed by atoms with E-state index in [-0.39, 0.29) is 29.5 Å². The molecule has 0 aliphatic heterocycles. The number of carbonyl (C=O) groups is 1. The van der Waals surface area contributed by atoms with E-state index >= 15 is 0 Å². The first-order valence-corrected chi connectivity index (χ1v) is 5.33. The third kappa shape index (κ3) is 3.09. The zero-order valence-corrected chi connectivity index (χ0v) is 10.0. The first-order valence-electron chi connectivity index (χ1n) is 4.95. The predicted molar refractivity (Wildman–Crippen MR) is 64.6 cm³/mol. The zero-order chi connectivity index (χ0) is 13.1. The van der Waals surface area contributed by atoms with E-state index in [0.717, 1.165) is 0 Å². The van der Waals surface area contributed by atoms with Crippen molar-refractivity contribution < 1.29 is 20.1 Å². The number of aromatic carboxylic acids is 1. The van der Waals surface area contributed by atoms with Crippen molar-refractivity contribution in [2.75, 3.05) is 18.5 Å². The molecule has 0 fully saturated rings. The van der Waals surface area contributed by atoms with Crippen LogP contribution in [0.4, 0.5) is 5.69 Å². The van der Waals surface area contributed by atoms with E-state index < -0.39 is 11.5 Å². The van der Waals surface area contributed by atoms with Crippen LogP contribution in [0, 0.1) is 0 Å². The molecule has 0 bridgehead atoms. The Morgan fingerprint density at radius 3 is 2.47 bits per heavy atom. The first kappa shape index (κ1) is 13.8. The molecule has 0 saturated heterocycles. The fraction of sp³-hybridized carbons (Fsp3) is 0.364. The number of carboxylic acid groups (broad SMARTS) is 1. The smallest absolute Gasteiger partial charge is 0.339 e. The number of hydrogen-bond donors (Lipinski definition) is 4. The molecule has 1 rings (SSSR count). The van der Waals surface area contributed by atoms with Gasteiger partial charge in [0.25, 0.3) is 0 Å². The molecule has 0 spiro atoms. The Bertz CT molecular complexity index is 418. The number of nitrogens with one attached hydrogen (secondary N) is 1. The maximum atomic E-state index is 11.1. The van der Waals surface area contributed by atoms with E-state index in [9.17, 15) is 4.79 Å². The summed E-state index contributed by atoms with van der Waals surface area (Å²) >= 11 is 5.79. The standard InChI is InChI=1S/C11H14ClNO4/c1-11(5-14,6-15)13-8-4-2-3-7(12)9(8)10(16)17/h2-4,13-15H,5-6H2,1H3,(H,16,17). The van der Waals surface area contributed by atoms with Gasteiger partial charge in [0.1, 0.15) is 5.56 Å². The van der Waals surface area contributed by atoms with Crippen LogP contribution in [0.5, 0.6) is 0 Å². The molecule has 5 nitrogen and oxygen atoms in total. The summed E-state index contributed by atoms with van der Waals surface area (Å²) in [5.74, 6) is -1.17. The summed E-state index contributed by atoms with van der Waals surface area (Å²) in [6.45, 7) is 0.893. The summed E-state index contributed by atoms with van der Waals surface area (Å²) in [5, 5.41) is 30.2. The van der Waals surface area contributed by atoms with Crippen LogP contribution in [0.3, 0.4) is 0 Å². The van der Waals surface area contributed by atoms with Crippen LogP contribution in [0.25, 0.3) is 0 Å². The number of aliphatic hydroxyl groups excluding tert-OH is 2. The number of benzene rings is 1. The van der Waals surface area contributed by atoms with E-state index in [1.165, 1.54) is 12.1 Å². The van der Waals surface area contributed by atoms with Crippen molar-refractivity contribution in [1.82, 2.24) is 0 Å². The molecule has 1 aromatic rings. The number of rotatable bonds is 5. The minimum absolute atomic E-state index is 0.0812. The van der Waals surface area contributed by atoms with Crippen LogP contribution < -0.4 is 5.32 Å². The summed E-state index contributed by atoms with van der Waals surface area (Å²) in [4.78, 5) is 11.1. The van der Waals surface area contributed by atoms with Gasteiger partial charge in [-0.05, 0) is 19.1 Å². The second-order valence-electron chi connectivity index (χ2n) is 3.97. The highest BCUT2D eigenvalue weighted by Crippen LogP contribution is 2.26. The van der Waals surface area contributed by atoms with Gasteiger partial charge in [-0.2, -0.15) is 0 Å². The van der Waals surface area contributed by atoms with E-state index in [0.29, 0.717) is 0 Å². The Labute approximate surface area is 104 Å². The molecule has 0 amide bonds. The summed E-state index contributed by atoms with van der Waals surface area (Å²) in [7, 11) is 0. The van der Waals surface area contributed by atoms with E-state index in [2.05, 4.69) is 5.32 Å². The van der Waals surface area contributed by atoms with Crippen molar-refractivity contribution in [3.05, 3.63) is 28.8 Å². The molecule has 0 heterocycles. The Morgan fingerprint density at radius 2 is 2.00 bits per heavy atom. The third-order valence-electron chi connectivity index (χ3n) is 2.36. The molecule has 0 unspecified atom stereocenters. The number of aliphatic hydroxyl groups is 2. The van der Waals surface area contributed by atoms with Crippen molar-refractivity contribution in [2.24, 2.45) is 0 Å². The molecule has 0 aliphatic carbocycles. The van der Waals surface area contributed by atoms with Gasteiger partial charge in [0.05, 0.1) is 29.5 Å². The normalized spacial score (nSPS) is 11.3. The van der Waals surface area contributed by atoms with Gasteiger partial charge in [0.15, 0.2) is 0 Å². The molecule has 94 valence electrons. The Morgan fingerprint density at radius 1 is 1.41 bits per heavy atom.